The largest absolute Gasteiger partial charge is 0.493 e. The fourth-order valence-electron chi connectivity index (χ4n) is 2.27. The highest BCUT2D eigenvalue weighted by atomic mass is 16.5. The van der Waals surface area contributed by atoms with Crippen molar-refractivity contribution < 1.29 is 14.0 Å². The smallest absolute Gasteiger partial charge is 0.228 e. The van der Waals surface area contributed by atoms with Gasteiger partial charge in [-0.1, -0.05) is 11.2 Å². The Kier molecular flexibility index (Phi) is 2.59. The van der Waals surface area contributed by atoms with E-state index in [4.69, 9.17) is 14.0 Å². The number of fused-ring (bicyclic) bond motifs is 1. The number of para-hydroxylation sites is 1. The predicted octanol–water partition coefficient (Wildman–Crippen LogP) is 2.33. The maximum atomic E-state index is 5.42. The van der Waals surface area contributed by atoms with Gasteiger partial charge in [-0.05, 0) is 18.6 Å². The van der Waals surface area contributed by atoms with E-state index in [2.05, 4.69) is 10.5 Å². The Morgan fingerprint density at radius 1 is 1.28 bits per heavy atom. The Labute approximate surface area is 105 Å². The van der Waals surface area contributed by atoms with Gasteiger partial charge in [0.1, 0.15) is 5.69 Å². The first-order valence-corrected chi connectivity index (χ1v) is 5.79. The molecule has 1 N–H and O–H groups in total. The summed E-state index contributed by atoms with van der Waals surface area (Å²) in [6, 6.07) is 5.73. The van der Waals surface area contributed by atoms with Gasteiger partial charge >= 0.3 is 0 Å². The van der Waals surface area contributed by atoms with E-state index in [9.17, 15) is 0 Å². The SMILES string of the molecule is COc1cccc(-c2noc3c2CCN3)c1OC. The van der Waals surface area contributed by atoms with Crippen molar-refractivity contribution in [2.45, 2.75) is 6.42 Å². The van der Waals surface area contributed by atoms with Gasteiger partial charge in [-0.3, -0.25) is 0 Å². The second kappa shape index (κ2) is 4.25. The van der Waals surface area contributed by atoms with E-state index in [1.165, 1.54) is 0 Å². The number of rotatable bonds is 3. The van der Waals surface area contributed by atoms with Crippen LogP contribution in [0, 0.1) is 0 Å². The fourth-order valence-corrected chi connectivity index (χ4v) is 2.27. The third kappa shape index (κ3) is 1.51. The number of aromatic nitrogens is 1. The van der Waals surface area contributed by atoms with Crippen molar-refractivity contribution in [1.82, 2.24) is 5.16 Å². The summed E-state index contributed by atoms with van der Waals surface area (Å²) < 4.78 is 16.0. The van der Waals surface area contributed by atoms with Gasteiger partial charge in [0.05, 0.1) is 14.2 Å². The lowest BCUT2D eigenvalue weighted by Crippen LogP contribution is -1.95. The minimum atomic E-state index is 0.683. The summed E-state index contributed by atoms with van der Waals surface area (Å²) in [4.78, 5) is 0. The Morgan fingerprint density at radius 2 is 2.17 bits per heavy atom. The number of hydrogen-bond acceptors (Lipinski definition) is 5. The summed E-state index contributed by atoms with van der Waals surface area (Å²) in [5.41, 5.74) is 2.82. The quantitative estimate of drug-likeness (QED) is 0.900. The van der Waals surface area contributed by atoms with Crippen LogP contribution in [0.3, 0.4) is 0 Å². The van der Waals surface area contributed by atoms with Crippen LogP contribution in [0.25, 0.3) is 11.3 Å². The molecule has 5 heteroatoms. The average molecular weight is 246 g/mol. The van der Waals surface area contributed by atoms with Crippen molar-refractivity contribution in [3.8, 4) is 22.8 Å². The molecule has 0 fully saturated rings. The highest BCUT2D eigenvalue weighted by Crippen LogP contribution is 2.41. The molecule has 2 heterocycles. The molecule has 0 aliphatic carbocycles. The van der Waals surface area contributed by atoms with Crippen molar-refractivity contribution in [2.24, 2.45) is 0 Å². The molecule has 0 saturated heterocycles. The molecule has 0 atom stereocenters. The minimum absolute atomic E-state index is 0.683. The van der Waals surface area contributed by atoms with Gasteiger partial charge in [0.15, 0.2) is 11.5 Å². The zero-order chi connectivity index (χ0) is 12.5. The molecule has 0 bridgehead atoms. The highest BCUT2D eigenvalue weighted by Gasteiger charge is 2.24. The van der Waals surface area contributed by atoms with E-state index < -0.39 is 0 Å². The Hall–Kier alpha value is -2.17. The summed E-state index contributed by atoms with van der Waals surface area (Å²) in [6.07, 6.45) is 0.911. The van der Waals surface area contributed by atoms with Gasteiger partial charge in [-0.25, -0.2) is 0 Å². The van der Waals surface area contributed by atoms with Crippen LogP contribution in [0.1, 0.15) is 5.56 Å². The molecule has 18 heavy (non-hydrogen) atoms. The number of hydrogen-bond donors (Lipinski definition) is 1. The molecule has 1 aliphatic heterocycles. The normalized spacial score (nSPS) is 13.0. The molecule has 5 nitrogen and oxygen atoms in total. The summed E-state index contributed by atoms with van der Waals surface area (Å²) in [6.45, 7) is 0.885. The van der Waals surface area contributed by atoms with Gasteiger partial charge in [-0.2, -0.15) is 0 Å². The molecule has 1 aromatic carbocycles. The van der Waals surface area contributed by atoms with Crippen molar-refractivity contribution in [3.63, 3.8) is 0 Å². The van der Waals surface area contributed by atoms with Crippen LogP contribution in [-0.2, 0) is 6.42 Å². The molecule has 0 unspecified atom stereocenters. The van der Waals surface area contributed by atoms with Crippen molar-refractivity contribution in [1.29, 1.82) is 0 Å². The number of nitrogens with one attached hydrogen (secondary N) is 1. The molecule has 0 saturated carbocycles. The van der Waals surface area contributed by atoms with Gasteiger partial charge < -0.3 is 19.3 Å². The van der Waals surface area contributed by atoms with Crippen molar-refractivity contribution in [2.75, 3.05) is 26.1 Å². The van der Waals surface area contributed by atoms with E-state index in [1.54, 1.807) is 14.2 Å². The molecule has 1 aliphatic rings. The number of ether oxygens (including phenoxy) is 2. The topological polar surface area (TPSA) is 56.5 Å². The molecule has 3 rings (SSSR count). The molecule has 0 radical (unpaired) electrons. The summed E-state index contributed by atoms with van der Waals surface area (Å²) in [5, 5.41) is 7.27. The molecular formula is C13H14N2O3. The van der Waals surface area contributed by atoms with E-state index >= 15 is 0 Å². The second-order valence-electron chi connectivity index (χ2n) is 4.06. The Morgan fingerprint density at radius 3 is 2.94 bits per heavy atom. The fraction of sp³-hybridized carbons (Fsp3) is 0.308. The van der Waals surface area contributed by atoms with Gasteiger partial charge in [0, 0.05) is 17.7 Å². The molecule has 2 aromatic rings. The van der Waals surface area contributed by atoms with Crippen LogP contribution >= 0.6 is 0 Å². The monoisotopic (exact) mass is 246 g/mol. The summed E-state index contributed by atoms with van der Waals surface area (Å²) in [5.74, 6) is 2.13. The lowest BCUT2D eigenvalue weighted by molar-refractivity contribution is 0.355. The maximum absolute atomic E-state index is 5.42. The van der Waals surface area contributed by atoms with Crippen LogP contribution < -0.4 is 14.8 Å². The van der Waals surface area contributed by atoms with E-state index in [1.807, 2.05) is 18.2 Å². The number of methoxy groups -OCH3 is 2. The Bertz CT molecular complexity index is 578. The average Bonchev–Trinajstić information content (AvgIpc) is 3.00. The minimum Gasteiger partial charge on any atom is -0.493 e. The molecular weight excluding hydrogens is 232 g/mol. The van der Waals surface area contributed by atoms with E-state index in [0.717, 1.165) is 35.7 Å². The molecule has 1 aromatic heterocycles. The number of benzene rings is 1. The third-order valence-corrected chi connectivity index (χ3v) is 3.11. The zero-order valence-corrected chi connectivity index (χ0v) is 10.3. The summed E-state index contributed by atoms with van der Waals surface area (Å²) in [7, 11) is 3.25. The molecule has 94 valence electrons. The number of nitrogens with zero attached hydrogens (tertiary/aromatic N) is 1. The number of anilines is 1. The first-order valence-electron chi connectivity index (χ1n) is 5.79. The van der Waals surface area contributed by atoms with Crippen LogP contribution in [0.15, 0.2) is 22.7 Å². The predicted molar refractivity (Wildman–Crippen MR) is 67.2 cm³/mol. The van der Waals surface area contributed by atoms with E-state index in [0.29, 0.717) is 11.5 Å². The Balaban J connectivity index is 2.16. The van der Waals surface area contributed by atoms with Crippen LogP contribution in [0.2, 0.25) is 0 Å². The van der Waals surface area contributed by atoms with Crippen molar-refractivity contribution >= 4 is 5.88 Å². The molecule has 0 amide bonds. The maximum Gasteiger partial charge on any atom is 0.228 e. The lowest BCUT2D eigenvalue weighted by Gasteiger charge is -2.11. The third-order valence-electron chi connectivity index (χ3n) is 3.11. The van der Waals surface area contributed by atoms with Crippen LogP contribution in [-0.4, -0.2) is 25.9 Å². The summed E-state index contributed by atoms with van der Waals surface area (Å²) >= 11 is 0. The van der Waals surface area contributed by atoms with Crippen LogP contribution in [0.5, 0.6) is 11.5 Å². The standard InChI is InChI=1S/C13H14N2O3/c1-16-10-5-3-4-8(12(10)17-2)11-9-6-7-14-13(9)18-15-11/h3-5,14H,6-7H2,1-2H3. The van der Waals surface area contributed by atoms with Crippen molar-refractivity contribution in [3.05, 3.63) is 23.8 Å². The highest BCUT2D eigenvalue weighted by molar-refractivity contribution is 5.76. The van der Waals surface area contributed by atoms with Gasteiger partial charge in [0.2, 0.25) is 5.88 Å². The zero-order valence-electron chi connectivity index (χ0n) is 10.3. The lowest BCUT2D eigenvalue weighted by atomic mass is 10.1. The first kappa shape index (κ1) is 11.0. The molecule has 0 spiro atoms. The first-order chi connectivity index (χ1) is 8.85. The van der Waals surface area contributed by atoms with Crippen LogP contribution in [0.4, 0.5) is 5.88 Å². The van der Waals surface area contributed by atoms with Gasteiger partial charge in [0.25, 0.3) is 0 Å². The van der Waals surface area contributed by atoms with E-state index in [-0.39, 0.29) is 0 Å². The second-order valence-corrected chi connectivity index (χ2v) is 4.06. The van der Waals surface area contributed by atoms with Gasteiger partial charge in [-0.15, -0.1) is 0 Å².